The highest BCUT2D eigenvalue weighted by molar-refractivity contribution is 4.97. The molecule has 1 N–H and O–H groups in total. The first-order valence-electron chi connectivity index (χ1n) is 7.88. The van der Waals surface area contributed by atoms with Gasteiger partial charge in [-0.15, -0.1) is 0 Å². The Kier molecular flexibility index (Phi) is 5.06. The van der Waals surface area contributed by atoms with Gasteiger partial charge >= 0.3 is 0 Å². The third-order valence-corrected chi connectivity index (χ3v) is 5.04. The molecule has 2 heteroatoms. The third kappa shape index (κ3) is 3.26. The number of nitriles is 1. The third-order valence-electron chi connectivity index (χ3n) is 5.04. The van der Waals surface area contributed by atoms with Gasteiger partial charge in [0.25, 0.3) is 0 Å². The van der Waals surface area contributed by atoms with Gasteiger partial charge in [0.05, 0.1) is 12.0 Å². The summed E-state index contributed by atoms with van der Waals surface area (Å²) in [5, 5.41) is 13.1. The van der Waals surface area contributed by atoms with Gasteiger partial charge < -0.3 is 5.32 Å². The predicted molar refractivity (Wildman–Crippen MR) is 75.1 cm³/mol. The van der Waals surface area contributed by atoms with Crippen LogP contribution in [-0.4, -0.2) is 12.1 Å². The van der Waals surface area contributed by atoms with Crippen molar-refractivity contribution in [2.24, 2.45) is 17.8 Å². The van der Waals surface area contributed by atoms with Crippen LogP contribution in [0.25, 0.3) is 0 Å². The summed E-state index contributed by atoms with van der Waals surface area (Å²) in [6, 6.07) is 3.66. The van der Waals surface area contributed by atoms with Gasteiger partial charge in [-0.05, 0) is 37.5 Å². The highest BCUT2D eigenvalue weighted by Crippen LogP contribution is 2.32. The summed E-state index contributed by atoms with van der Waals surface area (Å²) in [5.41, 5.74) is 0. The van der Waals surface area contributed by atoms with Crippen molar-refractivity contribution in [3.05, 3.63) is 0 Å². The van der Waals surface area contributed by atoms with Crippen molar-refractivity contribution < 1.29 is 0 Å². The zero-order chi connectivity index (χ0) is 13.0. The van der Waals surface area contributed by atoms with Crippen LogP contribution in [0.3, 0.4) is 0 Å². The van der Waals surface area contributed by atoms with E-state index in [2.05, 4.69) is 25.2 Å². The van der Waals surface area contributed by atoms with Gasteiger partial charge in [0, 0.05) is 12.1 Å². The summed E-state index contributed by atoms with van der Waals surface area (Å²) in [6.45, 7) is 4.71. The molecule has 0 bridgehead atoms. The van der Waals surface area contributed by atoms with E-state index in [1.54, 1.807) is 0 Å². The number of rotatable bonds is 3. The zero-order valence-corrected chi connectivity index (χ0v) is 12.0. The van der Waals surface area contributed by atoms with Gasteiger partial charge in [0.2, 0.25) is 0 Å². The largest absolute Gasteiger partial charge is 0.310 e. The molecule has 102 valence electrons. The molecule has 0 radical (unpaired) electrons. The lowest BCUT2D eigenvalue weighted by Crippen LogP contribution is -2.49. The average molecular weight is 248 g/mol. The van der Waals surface area contributed by atoms with Crippen molar-refractivity contribution in [2.45, 2.75) is 77.3 Å². The molecule has 0 saturated heterocycles. The van der Waals surface area contributed by atoms with E-state index in [9.17, 15) is 5.26 Å². The van der Waals surface area contributed by atoms with Crippen LogP contribution in [0.5, 0.6) is 0 Å². The smallest absolute Gasteiger partial charge is 0.0672 e. The number of nitrogens with one attached hydrogen (secondary N) is 1. The van der Waals surface area contributed by atoms with Gasteiger partial charge in [-0.2, -0.15) is 5.26 Å². The Labute approximate surface area is 112 Å². The molecule has 0 amide bonds. The topological polar surface area (TPSA) is 35.8 Å². The lowest BCUT2D eigenvalue weighted by atomic mass is 9.76. The summed E-state index contributed by atoms with van der Waals surface area (Å²) >= 11 is 0. The van der Waals surface area contributed by atoms with E-state index in [1.165, 1.54) is 44.9 Å². The number of hydrogen-bond donors (Lipinski definition) is 1. The van der Waals surface area contributed by atoms with E-state index in [0.717, 1.165) is 18.3 Å². The van der Waals surface area contributed by atoms with Crippen LogP contribution in [0.4, 0.5) is 0 Å². The minimum Gasteiger partial charge on any atom is -0.310 e. The molecule has 4 unspecified atom stereocenters. The van der Waals surface area contributed by atoms with Gasteiger partial charge in [0.1, 0.15) is 0 Å². The van der Waals surface area contributed by atoms with Gasteiger partial charge in [-0.1, -0.05) is 39.5 Å². The Morgan fingerprint density at radius 2 is 1.56 bits per heavy atom. The van der Waals surface area contributed by atoms with E-state index in [4.69, 9.17) is 0 Å². The summed E-state index contributed by atoms with van der Waals surface area (Å²) in [5.74, 6) is 1.85. The lowest BCUT2D eigenvalue weighted by molar-refractivity contribution is 0.169. The maximum Gasteiger partial charge on any atom is 0.0672 e. The second kappa shape index (κ2) is 6.57. The Bertz CT molecular complexity index is 292. The molecular weight excluding hydrogens is 220 g/mol. The van der Waals surface area contributed by atoms with Crippen LogP contribution in [0.2, 0.25) is 0 Å². The van der Waals surface area contributed by atoms with Gasteiger partial charge in [-0.3, -0.25) is 0 Å². The molecule has 0 heterocycles. The normalized spacial score (nSPS) is 37.4. The van der Waals surface area contributed by atoms with Crippen molar-refractivity contribution >= 4 is 0 Å². The summed E-state index contributed by atoms with van der Waals surface area (Å²) in [6.07, 6.45) is 10.3. The van der Waals surface area contributed by atoms with Crippen molar-refractivity contribution in [1.82, 2.24) is 5.32 Å². The molecule has 0 spiro atoms. The maximum absolute atomic E-state index is 9.28. The van der Waals surface area contributed by atoms with Crippen LogP contribution in [-0.2, 0) is 0 Å². The maximum atomic E-state index is 9.28. The highest BCUT2D eigenvalue weighted by Gasteiger charge is 2.32. The second-order valence-electron chi connectivity index (χ2n) is 6.59. The molecule has 2 nitrogen and oxygen atoms in total. The van der Waals surface area contributed by atoms with Crippen LogP contribution < -0.4 is 5.32 Å². The average Bonchev–Trinajstić information content (AvgIpc) is 2.40. The molecule has 2 saturated carbocycles. The van der Waals surface area contributed by atoms with E-state index in [1.807, 2.05) is 0 Å². The summed E-state index contributed by atoms with van der Waals surface area (Å²) < 4.78 is 0. The minimum absolute atomic E-state index is 0.258. The number of hydrogen-bond acceptors (Lipinski definition) is 2. The minimum atomic E-state index is 0.258. The Morgan fingerprint density at radius 1 is 0.944 bits per heavy atom. The summed E-state index contributed by atoms with van der Waals surface area (Å²) in [4.78, 5) is 0. The first kappa shape index (κ1) is 13.9. The van der Waals surface area contributed by atoms with Crippen molar-refractivity contribution in [2.75, 3.05) is 0 Å². The lowest BCUT2D eigenvalue weighted by Gasteiger charge is -2.39. The SMILES string of the molecule is CC(C)C1CCCCC1NC1CCCCC1C#N. The molecule has 0 aliphatic heterocycles. The Morgan fingerprint density at radius 3 is 2.22 bits per heavy atom. The van der Waals surface area contributed by atoms with Gasteiger partial charge in [0.15, 0.2) is 0 Å². The van der Waals surface area contributed by atoms with Crippen LogP contribution >= 0.6 is 0 Å². The molecule has 2 fully saturated rings. The zero-order valence-electron chi connectivity index (χ0n) is 12.0. The van der Waals surface area contributed by atoms with Crippen molar-refractivity contribution in [3.63, 3.8) is 0 Å². The monoisotopic (exact) mass is 248 g/mol. The van der Waals surface area contributed by atoms with E-state index >= 15 is 0 Å². The van der Waals surface area contributed by atoms with Crippen LogP contribution in [0.1, 0.15) is 65.2 Å². The number of nitrogens with zero attached hydrogens (tertiary/aromatic N) is 1. The Hall–Kier alpha value is -0.550. The molecule has 2 aliphatic carbocycles. The molecule has 2 rings (SSSR count). The second-order valence-corrected chi connectivity index (χ2v) is 6.59. The van der Waals surface area contributed by atoms with Gasteiger partial charge in [-0.25, -0.2) is 0 Å². The first-order chi connectivity index (χ1) is 8.72. The van der Waals surface area contributed by atoms with Crippen molar-refractivity contribution in [3.8, 4) is 6.07 Å². The first-order valence-corrected chi connectivity index (χ1v) is 7.88. The highest BCUT2D eigenvalue weighted by atomic mass is 15.0. The molecule has 2 aliphatic rings. The van der Waals surface area contributed by atoms with E-state index in [0.29, 0.717) is 12.1 Å². The van der Waals surface area contributed by atoms with E-state index in [-0.39, 0.29) is 5.92 Å². The Balaban J connectivity index is 1.95. The fourth-order valence-corrected chi connectivity index (χ4v) is 3.92. The fraction of sp³-hybridized carbons (Fsp3) is 0.938. The molecule has 4 atom stereocenters. The van der Waals surface area contributed by atoms with E-state index < -0.39 is 0 Å². The quantitative estimate of drug-likeness (QED) is 0.823. The molecule has 0 aromatic carbocycles. The molecular formula is C16H28N2. The summed E-state index contributed by atoms with van der Waals surface area (Å²) in [7, 11) is 0. The predicted octanol–water partition coefficient (Wildman–Crippen LogP) is 3.87. The van der Waals surface area contributed by atoms with Crippen LogP contribution in [0.15, 0.2) is 0 Å². The molecule has 0 aromatic heterocycles. The standard InChI is InChI=1S/C16H28N2/c1-12(2)14-8-4-6-10-16(14)18-15-9-5-3-7-13(15)11-17/h12-16,18H,3-10H2,1-2H3. The van der Waals surface area contributed by atoms with Crippen LogP contribution in [0, 0.1) is 29.1 Å². The van der Waals surface area contributed by atoms with Crippen molar-refractivity contribution in [1.29, 1.82) is 5.26 Å². The molecule has 18 heavy (non-hydrogen) atoms. The molecule has 0 aromatic rings. The fourth-order valence-electron chi connectivity index (χ4n) is 3.92.